The number of carboxylic acid groups (broad SMARTS) is 1. The van der Waals surface area contributed by atoms with Crippen LogP contribution in [0.25, 0.3) is 0 Å². The second-order valence-electron chi connectivity index (χ2n) is 4.25. The van der Waals surface area contributed by atoms with Gasteiger partial charge in [-0.2, -0.15) is 0 Å². The van der Waals surface area contributed by atoms with E-state index >= 15 is 0 Å². The van der Waals surface area contributed by atoms with E-state index in [2.05, 4.69) is 0 Å². The largest absolute Gasteiger partial charge is 0.494 e. The number of aliphatic hydroxyl groups is 1. The molecule has 0 bridgehead atoms. The summed E-state index contributed by atoms with van der Waals surface area (Å²) in [6, 6.07) is 4.17. The minimum atomic E-state index is -1.46. The first-order valence-electron chi connectivity index (χ1n) is 5.26. The van der Waals surface area contributed by atoms with Gasteiger partial charge in [-0.3, -0.25) is 0 Å². The smallest absolute Gasteiger partial charge is 0.333 e. The van der Waals surface area contributed by atoms with Crippen molar-refractivity contribution in [2.75, 3.05) is 7.11 Å². The molecule has 1 aromatic carbocycles. The lowest BCUT2D eigenvalue weighted by molar-refractivity contribution is -0.148. The predicted molar refractivity (Wildman–Crippen MR) is 57.5 cm³/mol. The van der Waals surface area contributed by atoms with Crippen molar-refractivity contribution < 1.29 is 24.1 Å². The Morgan fingerprint density at radius 3 is 2.65 bits per heavy atom. The van der Waals surface area contributed by atoms with E-state index in [1.54, 1.807) is 0 Å². The zero-order valence-electron chi connectivity index (χ0n) is 9.31. The van der Waals surface area contributed by atoms with Crippen LogP contribution in [0.5, 0.6) is 5.75 Å². The number of benzene rings is 1. The first kappa shape index (κ1) is 11.9. The molecule has 1 atom stereocenters. The third-order valence-corrected chi connectivity index (χ3v) is 3.27. The average Bonchev–Trinajstić information content (AvgIpc) is 3.10. The molecule has 1 unspecified atom stereocenters. The lowest BCUT2D eigenvalue weighted by Gasteiger charge is -2.19. The fourth-order valence-electron chi connectivity index (χ4n) is 2.06. The number of halogens is 1. The van der Waals surface area contributed by atoms with Crippen LogP contribution in [0.2, 0.25) is 0 Å². The van der Waals surface area contributed by atoms with Crippen molar-refractivity contribution in [3.8, 4) is 5.75 Å². The van der Waals surface area contributed by atoms with Gasteiger partial charge in [-0.25, -0.2) is 9.18 Å². The number of hydrogen-bond acceptors (Lipinski definition) is 3. The third kappa shape index (κ3) is 1.86. The Labute approximate surface area is 97.6 Å². The normalized spacial score (nSPS) is 18.5. The van der Waals surface area contributed by atoms with E-state index in [0.717, 1.165) is 0 Å². The van der Waals surface area contributed by atoms with Gasteiger partial charge in [0.1, 0.15) is 0 Å². The molecule has 4 nitrogen and oxygen atoms in total. The SMILES string of the molecule is COc1cc(C2(C(O)C(=O)O)CC2)ccc1F. The summed E-state index contributed by atoms with van der Waals surface area (Å²) in [5.74, 6) is -1.70. The van der Waals surface area contributed by atoms with Crippen molar-refractivity contribution in [2.45, 2.75) is 24.4 Å². The molecule has 0 aromatic heterocycles. The Morgan fingerprint density at radius 2 is 2.18 bits per heavy atom. The van der Waals surface area contributed by atoms with E-state index in [1.165, 1.54) is 25.3 Å². The molecule has 2 rings (SSSR count). The Bertz CT molecular complexity index is 454. The topological polar surface area (TPSA) is 66.8 Å². The number of ether oxygens (including phenoxy) is 1. The number of carboxylic acids is 1. The summed E-state index contributed by atoms with van der Waals surface area (Å²) in [5, 5.41) is 18.5. The molecule has 0 heterocycles. The van der Waals surface area contributed by atoms with Crippen molar-refractivity contribution >= 4 is 5.97 Å². The van der Waals surface area contributed by atoms with Crippen molar-refractivity contribution in [1.82, 2.24) is 0 Å². The van der Waals surface area contributed by atoms with Gasteiger partial charge in [0.25, 0.3) is 0 Å². The molecule has 0 radical (unpaired) electrons. The Morgan fingerprint density at radius 1 is 1.53 bits per heavy atom. The molecule has 17 heavy (non-hydrogen) atoms. The summed E-state index contributed by atoms with van der Waals surface area (Å²) in [6.07, 6.45) is -0.303. The quantitative estimate of drug-likeness (QED) is 0.832. The Kier molecular flexibility index (Phi) is 2.79. The van der Waals surface area contributed by atoms with Crippen LogP contribution in [0, 0.1) is 5.82 Å². The van der Waals surface area contributed by atoms with Crippen LogP contribution >= 0.6 is 0 Å². The summed E-state index contributed by atoms with van der Waals surface area (Å²) in [5.41, 5.74) is -0.182. The predicted octanol–water partition coefficient (Wildman–Crippen LogP) is 1.31. The average molecular weight is 240 g/mol. The molecular weight excluding hydrogens is 227 g/mol. The van der Waals surface area contributed by atoms with E-state index in [4.69, 9.17) is 9.84 Å². The maximum Gasteiger partial charge on any atom is 0.333 e. The van der Waals surface area contributed by atoms with Crippen LogP contribution in [-0.2, 0) is 10.2 Å². The number of aliphatic hydroxyl groups excluding tert-OH is 1. The molecule has 1 fully saturated rings. The van der Waals surface area contributed by atoms with E-state index in [9.17, 15) is 14.3 Å². The summed E-state index contributed by atoms with van der Waals surface area (Å²) >= 11 is 0. The van der Waals surface area contributed by atoms with E-state index in [-0.39, 0.29) is 5.75 Å². The number of hydrogen-bond donors (Lipinski definition) is 2. The van der Waals surface area contributed by atoms with Gasteiger partial charge in [0.2, 0.25) is 0 Å². The van der Waals surface area contributed by atoms with Gasteiger partial charge >= 0.3 is 5.97 Å². The summed E-state index contributed by atoms with van der Waals surface area (Å²) in [4.78, 5) is 10.8. The van der Waals surface area contributed by atoms with Crippen molar-refractivity contribution in [3.05, 3.63) is 29.6 Å². The molecule has 5 heteroatoms. The number of carbonyl (C=O) groups is 1. The second-order valence-corrected chi connectivity index (χ2v) is 4.25. The minimum Gasteiger partial charge on any atom is -0.494 e. The number of aliphatic carboxylic acids is 1. The highest BCUT2D eigenvalue weighted by Crippen LogP contribution is 2.51. The fourth-order valence-corrected chi connectivity index (χ4v) is 2.06. The molecule has 1 saturated carbocycles. The highest BCUT2D eigenvalue weighted by molar-refractivity contribution is 5.75. The Hall–Kier alpha value is -1.62. The zero-order chi connectivity index (χ0) is 12.6. The standard InChI is InChI=1S/C12H13FO4/c1-17-9-6-7(2-3-8(9)13)12(4-5-12)10(14)11(15)16/h2-3,6,10,14H,4-5H2,1H3,(H,15,16). The minimum absolute atomic E-state index is 0.0614. The summed E-state index contributed by atoms with van der Waals surface area (Å²) < 4.78 is 18.1. The van der Waals surface area contributed by atoms with Crippen LogP contribution in [0.1, 0.15) is 18.4 Å². The van der Waals surface area contributed by atoms with Crippen molar-refractivity contribution in [3.63, 3.8) is 0 Å². The molecule has 0 spiro atoms. The van der Waals surface area contributed by atoms with Crippen LogP contribution in [-0.4, -0.2) is 29.4 Å². The first-order chi connectivity index (χ1) is 8.01. The second kappa shape index (κ2) is 4.00. The molecule has 1 aliphatic carbocycles. The monoisotopic (exact) mass is 240 g/mol. The van der Waals surface area contributed by atoms with Gasteiger partial charge in [0.05, 0.1) is 7.11 Å². The molecule has 92 valence electrons. The maximum atomic E-state index is 13.2. The van der Waals surface area contributed by atoms with E-state index < -0.39 is 23.3 Å². The maximum absolute atomic E-state index is 13.2. The third-order valence-electron chi connectivity index (χ3n) is 3.27. The number of rotatable bonds is 4. The molecular formula is C12H13FO4. The van der Waals surface area contributed by atoms with Crippen LogP contribution in [0.4, 0.5) is 4.39 Å². The van der Waals surface area contributed by atoms with Gasteiger partial charge < -0.3 is 14.9 Å². The summed E-state index contributed by atoms with van der Waals surface area (Å²) in [6.45, 7) is 0. The van der Waals surface area contributed by atoms with Gasteiger partial charge in [-0.1, -0.05) is 6.07 Å². The molecule has 1 aromatic rings. The van der Waals surface area contributed by atoms with Gasteiger partial charge in [-0.15, -0.1) is 0 Å². The van der Waals surface area contributed by atoms with Gasteiger partial charge in [0.15, 0.2) is 17.7 Å². The molecule has 0 saturated heterocycles. The molecule has 2 N–H and O–H groups in total. The molecule has 0 aliphatic heterocycles. The fraction of sp³-hybridized carbons (Fsp3) is 0.417. The van der Waals surface area contributed by atoms with E-state index in [1.807, 2.05) is 0 Å². The molecule has 1 aliphatic rings. The lowest BCUT2D eigenvalue weighted by atomic mass is 9.90. The zero-order valence-corrected chi connectivity index (χ0v) is 9.31. The summed E-state index contributed by atoms with van der Waals surface area (Å²) in [7, 11) is 1.34. The Balaban J connectivity index is 2.37. The molecule has 0 amide bonds. The van der Waals surface area contributed by atoms with Crippen LogP contribution < -0.4 is 4.74 Å². The first-order valence-corrected chi connectivity index (χ1v) is 5.26. The highest BCUT2D eigenvalue weighted by Gasteiger charge is 2.53. The highest BCUT2D eigenvalue weighted by atomic mass is 19.1. The van der Waals surface area contributed by atoms with Crippen molar-refractivity contribution in [1.29, 1.82) is 0 Å². The van der Waals surface area contributed by atoms with Gasteiger partial charge in [0, 0.05) is 5.41 Å². The number of methoxy groups -OCH3 is 1. The lowest BCUT2D eigenvalue weighted by Crippen LogP contribution is -2.33. The van der Waals surface area contributed by atoms with Crippen LogP contribution in [0.3, 0.4) is 0 Å². The van der Waals surface area contributed by atoms with Crippen LogP contribution in [0.15, 0.2) is 18.2 Å². The van der Waals surface area contributed by atoms with Gasteiger partial charge in [-0.05, 0) is 30.5 Å². The van der Waals surface area contributed by atoms with E-state index in [0.29, 0.717) is 18.4 Å². The van der Waals surface area contributed by atoms with Crippen molar-refractivity contribution in [2.24, 2.45) is 0 Å².